The van der Waals surface area contributed by atoms with Gasteiger partial charge in [0, 0.05) is 36.7 Å². The Morgan fingerprint density at radius 1 is 1.11 bits per heavy atom. The van der Waals surface area contributed by atoms with E-state index in [0.717, 1.165) is 23.4 Å². The van der Waals surface area contributed by atoms with E-state index in [-0.39, 0.29) is 17.8 Å². The molecule has 38 heavy (non-hydrogen) atoms. The minimum atomic E-state index is -4.55. The highest BCUT2D eigenvalue weighted by Gasteiger charge is 2.31. The first-order valence-corrected chi connectivity index (χ1v) is 12.0. The molecule has 0 radical (unpaired) electrons. The van der Waals surface area contributed by atoms with Crippen LogP contribution in [0.15, 0.2) is 42.9 Å². The van der Waals surface area contributed by atoms with Crippen LogP contribution in [0, 0.1) is 19.8 Å². The lowest BCUT2D eigenvalue weighted by molar-refractivity contribution is -0.137. The van der Waals surface area contributed by atoms with Crippen LogP contribution in [-0.2, 0) is 19.8 Å². The monoisotopic (exact) mass is 526 g/mol. The highest BCUT2D eigenvalue weighted by molar-refractivity contribution is 6.04. The van der Waals surface area contributed by atoms with E-state index in [0.29, 0.717) is 35.1 Å². The normalized spacial score (nSPS) is 11.8. The lowest BCUT2D eigenvalue weighted by atomic mass is 10.1. The Labute approximate surface area is 218 Å². The van der Waals surface area contributed by atoms with Gasteiger partial charge in [-0.05, 0) is 56.1 Å². The zero-order chi connectivity index (χ0) is 27.6. The molecule has 0 saturated heterocycles. The molecule has 0 atom stereocenters. The summed E-state index contributed by atoms with van der Waals surface area (Å²) in [6, 6.07) is 5.11. The number of hydrogen-bond acceptors (Lipinski definition) is 6. The summed E-state index contributed by atoms with van der Waals surface area (Å²) in [6.07, 6.45) is 0.221. The fraction of sp³-hybridized carbons (Fsp3) is 0.346. The number of aryl methyl sites for hydroxylation is 2. The van der Waals surface area contributed by atoms with Crippen LogP contribution in [0.4, 0.5) is 18.9 Å². The van der Waals surface area contributed by atoms with Crippen LogP contribution in [0.25, 0.3) is 16.9 Å². The number of amides is 1. The van der Waals surface area contributed by atoms with Gasteiger partial charge in [0.2, 0.25) is 0 Å². The van der Waals surface area contributed by atoms with Gasteiger partial charge in [-0.1, -0.05) is 19.1 Å². The van der Waals surface area contributed by atoms with E-state index < -0.39 is 17.6 Å². The molecule has 3 aromatic heterocycles. The van der Waals surface area contributed by atoms with Crippen molar-refractivity contribution < 1.29 is 18.0 Å². The number of hydrogen-bond donors (Lipinski definition) is 2. The zero-order valence-corrected chi connectivity index (χ0v) is 21.8. The lowest BCUT2D eigenvalue weighted by Crippen LogP contribution is -2.20. The molecule has 1 aromatic carbocycles. The second-order valence-electron chi connectivity index (χ2n) is 9.54. The average Bonchev–Trinajstić information content (AvgIpc) is 3.45. The van der Waals surface area contributed by atoms with Gasteiger partial charge in [0.15, 0.2) is 0 Å². The summed E-state index contributed by atoms with van der Waals surface area (Å²) in [5.74, 6) is -0.250. The molecule has 4 aromatic rings. The fourth-order valence-corrected chi connectivity index (χ4v) is 3.87. The standard InChI is InChI=1S/C26H29F3N8O/c1-15(2)10-30-11-18-6-20(26(27,28)29)9-21(7-18)33-25(38)19-8-24(16(3)31-12-19)37-14-23(34-35-37)22-13-32-36(5)17(22)4/h6-9,12-15,30H,10-11H2,1-5H3,(H,33,38). The molecular weight excluding hydrogens is 497 g/mol. The van der Waals surface area contributed by atoms with Crippen molar-refractivity contribution in [1.29, 1.82) is 0 Å². The first kappa shape index (κ1) is 27.0. The maximum atomic E-state index is 13.5. The van der Waals surface area contributed by atoms with Gasteiger partial charge in [-0.2, -0.15) is 18.3 Å². The molecule has 3 heterocycles. The van der Waals surface area contributed by atoms with Crippen LogP contribution in [-0.4, -0.2) is 42.2 Å². The quantitative estimate of drug-likeness (QED) is 0.345. The number of anilines is 1. The van der Waals surface area contributed by atoms with Gasteiger partial charge in [-0.3, -0.25) is 14.5 Å². The summed E-state index contributed by atoms with van der Waals surface area (Å²) in [7, 11) is 1.83. The number of alkyl halides is 3. The van der Waals surface area contributed by atoms with E-state index in [2.05, 4.69) is 31.0 Å². The molecular formula is C26H29F3N8O. The summed E-state index contributed by atoms with van der Waals surface area (Å²) in [5.41, 5.74) is 3.24. The highest BCUT2D eigenvalue weighted by Crippen LogP contribution is 2.32. The Kier molecular flexibility index (Phi) is 7.63. The molecule has 9 nitrogen and oxygen atoms in total. The van der Waals surface area contributed by atoms with Crippen LogP contribution in [0.3, 0.4) is 0 Å². The van der Waals surface area contributed by atoms with Crippen molar-refractivity contribution in [2.45, 2.75) is 40.4 Å². The molecule has 0 aliphatic heterocycles. The second-order valence-corrected chi connectivity index (χ2v) is 9.54. The molecule has 0 saturated carbocycles. The van der Waals surface area contributed by atoms with Crippen molar-refractivity contribution in [1.82, 2.24) is 35.1 Å². The van der Waals surface area contributed by atoms with Crippen LogP contribution in [0.1, 0.15) is 46.7 Å². The summed E-state index contributed by atoms with van der Waals surface area (Å²) in [6.45, 7) is 8.59. The number of carbonyl (C=O) groups is 1. The fourth-order valence-electron chi connectivity index (χ4n) is 3.87. The summed E-state index contributed by atoms with van der Waals surface area (Å²) >= 11 is 0. The molecule has 0 fully saturated rings. The molecule has 0 aliphatic rings. The van der Waals surface area contributed by atoms with Crippen molar-refractivity contribution in [3.8, 4) is 16.9 Å². The number of nitrogens with zero attached hydrogens (tertiary/aromatic N) is 6. The number of rotatable bonds is 8. The Morgan fingerprint density at radius 2 is 1.87 bits per heavy atom. The van der Waals surface area contributed by atoms with E-state index in [9.17, 15) is 18.0 Å². The van der Waals surface area contributed by atoms with Crippen molar-refractivity contribution in [3.63, 3.8) is 0 Å². The summed E-state index contributed by atoms with van der Waals surface area (Å²) in [5, 5.41) is 18.3. The molecule has 200 valence electrons. The zero-order valence-electron chi connectivity index (χ0n) is 21.8. The Hall–Kier alpha value is -4.06. The maximum Gasteiger partial charge on any atom is 0.416 e. The van der Waals surface area contributed by atoms with E-state index in [4.69, 9.17) is 0 Å². The van der Waals surface area contributed by atoms with E-state index >= 15 is 0 Å². The van der Waals surface area contributed by atoms with Gasteiger partial charge >= 0.3 is 6.18 Å². The largest absolute Gasteiger partial charge is 0.416 e. The van der Waals surface area contributed by atoms with Crippen LogP contribution < -0.4 is 10.6 Å². The van der Waals surface area contributed by atoms with Crippen LogP contribution in [0.5, 0.6) is 0 Å². The van der Waals surface area contributed by atoms with Crippen molar-refractivity contribution in [2.75, 3.05) is 11.9 Å². The van der Waals surface area contributed by atoms with Gasteiger partial charge in [-0.15, -0.1) is 5.10 Å². The van der Waals surface area contributed by atoms with E-state index in [1.54, 1.807) is 30.1 Å². The third-order valence-corrected chi connectivity index (χ3v) is 6.03. The number of halogens is 3. The topological polar surface area (TPSA) is 103 Å². The minimum absolute atomic E-state index is 0.0448. The van der Waals surface area contributed by atoms with Crippen LogP contribution in [0.2, 0.25) is 0 Å². The van der Waals surface area contributed by atoms with Gasteiger partial charge in [0.05, 0.1) is 34.9 Å². The van der Waals surface area contributed by atoms with Gasteiger partial charge in [-0.25, -0.2) is 4.68 Å². The van der Waals surface area contributed by atoms with Gasteiger partial charge < -0.3 is 10.6 Å². The van der Waals surface area contributed by atoms with Crippen LogP contribution >= 0.6 is 0 Å². The van der Waals surface area contributed by atoms with E-state index in [1.165, 1.54) is 16.9 Å². The summed E-state index contributed by atoms with van der Waals surface area (Å²) in [4.78, 5) is 17.4. The number of aromatic nitrogens is 6. The van der Waals surface area contributed by atoms with Crippen molar-refractivity contribution in [3.05, 3.63) is 70.9 Å². The molecule has 2 N–H and O–H groups in total. The Balaban J connectivity index is 1.59. The molecule has 1 amide bonds. The lowest BCUT2D eigenvalue weighted by Gasteiger charge is -2.14. The second kappa shape index (κ2) is 10.7. The molecule has 12 heteroatoms. The molecule has 0 aliphatic carbocycles. The maximum absolute atomic E-state index is 13.5. The predicted molar refractivity (Wildman–Crippen MR) is 137 cm³/mol. The average molecular weight is 527 g/mol. The summed E-state index contributed by atoms with van der Waals surface area (Å²) < 4.78 is 43.8. The van der Waals surface area contributed by atoms with E-state index in [1.807, 2.05) is 27.8 Å². The number of carbonyl (C=O) groups excluding carboxylic acids is 1. The van der Waals surface area contributed by atoms with Crippen molar-refractivity contribution in [2.24, 2.45) is 13.0 Å². The van der Waals surface area contributed by atoms with Crippen molar-refractivity contribution >= 4 is 11.6 Å². The minimum Gasteiger partial charge on any atom is -0.322 e. The molecule has 0 spiro atoms. The third-order valence-electron chi connectivity index (χ3n) is 6.03. The number of benzene rings is 1. The Bertz CT molecular complexity index is 1460. The Morgan fingerprint density at radius 3 is 2.53 bits per heavy atom. The van der Waals surface area contributed by atoms with Gasteiger partial charge in [0.25, 0.3) is 5.91 Å². The highest BCUT2D eigenvalue weighted by atomic mass is 19.4. The molecule has 0 unspecified atom stereocenters. The third kappa shape index (κ3) is 6.08. The first-order valence-electron chi connectivity index (χ1n) is 12.0. The molecule has 4 rings (SSSR count). The SMILES string of the molecule is Cc1ncc(C(=O)Nc2cc(CNCC(C)C)cc(C(F)(F)F)c2)cc1-n1cc(-c2cnn(C)c2C)nn1. The number of pyridine rings is 1. The number of nitrogens with one attached hydrogen (secondary N) is 2. The van der Waals surface area contributed by atoms with Gasteiger partial charge in [0.1, 0.15) is 5.69 Å². The smallest absolute Gasteiger partial charge is 0.322 e. The predicted octanol–water partition coefficient (Wildman–Crippen LogP) is 4.70. The molecule has 0 bridgehead atoms. The first-order chi connectivity index (χ1) is 17.9.